The van der Waals surface area contributed by atoms with Gasteiger partial charge in [-0.2, -0.15) is 0 Å². The van der Waals surface area contributed by atoms with Crippen LogP contribution >= 0.6 is 0 Å². The van der Waals surface area contributed by atoms with E-state index in [1.807, 2.05) is 0 Å². The quantitative estimate of drug-likeness (QED) is 0.267. The molecular formula is C24H25NO10. The van der Waals surface area contributed by atoms with Crippen LogP contribution in [-0.4, -0.2) is 62.4 Å². The number of benzene rings is 2. The molecule has 2 rings (SSSR count). The van der Waals surface area contributed by atoms with E-state index in [4.69, 9.17) is 18.9 Å². The molecule has 0 fully saturated rings. The number of carbonyl (C=O) groups is 5. The lowest BCUT2D eigenvalue weighted by atomic mass is 9.93. The number of ether oxygens (including phenoxy) is 5. The molecule has 0 saturated carbocycles. The van der Waals surface area contributed by atoms with E-state index in [1.165, 1.54) is 12.1 Å². The maximum Gasteiger partial charge on any atom is 0.407 e. The monoisotopic (exact) mass is 487 g/mol. The van der Waals surface area contributed by atoms with Gasteiger partial charge in [-0.05, 0) is 17.7 Å². The van der Waals surface area contributed by atoms with Crippen LogP contribution in [0.3, 0.4) is 0 Å². The first kappa shape index (κ1) is 26.8. The number of nitrogens with one attached hydrogen (secondary N) is 1. The van der Waals surface area contributed by atoms with Gasteiger partial charge in [0.2, 0.25) is 5.54 Å². The van der Waals surface area contributed by atoms with Gasteiger partial charge < -0.3 is 23.7 Å². The summed E-state index contributed by atoms with van der Waals surface area (Å²) in [6.07, 6.45) is -2.77. The Morgan fingerprint density at radius 3 is 2.14 bits per heavy atom. The van der Waals surface area contributed by atoms with Crippen LogP contribution in [0.4, 0.5) is 4.79 Å². The molecular weight excluding hydrogens is 462 g/mol. The zero-order valence-corrected chi connectivity index (χ0v) is 19.1. The summed E-state index contributed by atoms with van der Waals surface area (Å²) in [4.78, 5) is 60.9. The highest BCUT2D eigenvalue weighted by Gasteiger charge is 2.53. The highest BCUT2D eigenvalue weighted by molar-refractivity contribution is 5.91. The summed E-state index contributed by atoms with van der Waals surface area (Å²) in [5, 5.41) is 2.24. The first-order valence-electron chi connectivity index (χ1n) is 10.3. The van der Waals surface area contributed by atoms with Gasteiger partial charge in [-0.15, -0.1) is 0 Å². The Hall–Kier alpha value is -4.41. The van der Waals surface area contributed by atoms with Crippen molar-refractivity contribution in [2.75, 3.05) is 20.3 Å². The molecule has 0 spiro atoms. The predicted molar refractivity (Wildman–Crippen MR) is 119 cm³/mol. The predicted octanol–water partition coefficient (Wildman–Crippen LogP) is 1.79. The summed E-state index contributed by atoms with van der Waals surface area (Å²) in [6.45, 7) is -0.648. The minimum atomic E-state index is -2.33. The lowest BCUT2D eigenvalue weighted by molar-refractivity contribution is -0.172. The fourth-order valence-electron chi connectivity index (χ4n) is 2.93. The molecule has 0 radical (unpaired) electrons. The zero-order chi connectivity index (χ0) is 25.7. The molecule has 11 nitrogen and oxygen atoms in total. The van der Waals surface area contributed by atoms with Crippen molar-refractivity contribution in [3.05, 3.63) is 71.8 Å². The van der Waals surface area contributed by atoms with E-state index >= 15 is 0 Å². The third-order valence-electron chi connectivity index (χ3n) is 4.74. The van der Waals surface area contributed by atoms with E-state index in [9.17, 15) is 24.0 Å². The van der Waals surface area contributed by atoms with Gasteiger partial charge >= 0.3 is 24.0 Å². The van der Waals surface area contributed by atoms with Crippen LogP contribution in [0.1, 0.15) is 22.8 Å². The number of amides is 1. The van der Waals surface area contributed by atoms with Crippen molar-refractivity contribution in [2.24, 2.45) is 0 Å². The molecule has 0 bridgehead atoms. The van der Waals surface area contributed by atoms with Crippen molar-refractivity contribution in [1.82, 2.24) is 5.32 Å². The number of methoxy groups -OCH3 is 1. The topological polar surface area (TPSA) is 144 Å². The second-order valence-corrected chi connectivity index (χ2v) is 7.12. The van der Waals surface area contributed by atoms with E-state index in [-0.39, 0.29) is 18.6 Å². The highest BCUT2D eigenvalue weighted by atomic mass is 16.6. The molecule has 2 aromatic carbocycles. The molecule has 1 amide bonds. The third-order valence-corrected chi connectivity index (χ3v) is 4.74. The summed E-state index contributed by atoms with van der Waals surface area (Å²) in [6, 6.07) is 16.4. The van der Waals surface area contributed by atoms with Crippen molar-refractivity contribution in [1.29, 1.82) is 0 Å². The van der Waals surface area contributed by atoms with E-state index in [0.717, 1.165) is 14.0 Å². The molecule has 0 saturated heterocycles. The van der Waals surface area contributed by atoms with Gasteiger partial charge in [-0.25, -0.2) is 14.4 Å². The Morgan fingerprint density at radius 2 is 1.57 bits per heavy atom. The Kier molecular flexibility index (Phi) is 10.2. The van der Waals surface area contributed by atoms with Crippen molar-refractivity contribution >= 4 is 30.5 Å². The summed E-state index contributed by atoms with van der Waals surface area (Å²) in [5.41, 5.74) is -1.56. The average Bonchev–Trinajstić information content (AvgIpc) is 2.88. The summed E-state index contributed by atoms with van der Waals surface area (Å²) >= 11 is 0. The molecule has 0 unspecified atom stereocenters. The van der Waals surface area contributed by atoms with Gasteiger partial charge in [0.05, 0.1) is 12.7 Å². The number of hydrogen-bond acceptors (Lipinski definition) is 10. The molecule has 2 atom stereocenters. The van der Waals surface area contributed by atoms with E-state index in [2.05, 4.69) is 10.1 Å². The first-order chi connectivity index (χ1) is 16.8. The Balaban J connectivity index is 2.43. The second-order valence-electron chi connectivity index (χ2n) is 7.12. The van der Waals surface area contributed by atoms with Crippen molar-refractivity contribution in [3.63, 3.8) is 0 Å². The SMILES string of the molecule is COC(=O)N[C@](COC(=O)c1ccccc1)(C(=O)OCc1ccccc1)[C@@H](COC(C)=O)OC=O. The van der Waals surface area contributed by atoms with Crippen molar-refractivity contribution in [2.45, 2.75) is 25.2 Å². The fraction of sp³-hybridized carbons (Fsp3) is 0.292. The van der Waals surface area contributed by atoms with Crippen LogP contribution in [0.25, 0.3) is 0 Å². The molecule has 0 aliphatic heterocycles. The molecule has 0 aliphatic rings. The number of hydrogen-bond donors (Lipinski definition) is 1. The number of carbonyl (C=O) groups excluding carboxylic acids is 5. The van der Waals surface area contributed by atoms with Crippen molar-refractivity contribution in [3.8, 4) is 0 Å². The van der Waals surface area contributed by atoms with E-state index < -0.39 is 48.9 Å². The summed E-state index contributed by atoms with van der Waals surface area (Å²) in [7, 11) is 1.03. The molecule has 0 aromatic heterocycles. The molecule has 35 heavy (non-hydrogen) atoms. The zero-order valence-electron chi connectivity index (χ0n) is 19.1. The largest absolute Gasteiger partial charge is 0.462 e. The highest BCUT2D eigenvalue weighted by Crippen LogP contribution is 2.21. The van der Waals surface area contributed by atoms with Gasteiger partial charge in [0.25, 0.3) is 6.47 Å². The number of alkyl carbamates (subject to hydrolysis) is 1. The van der Waals surface area contributed by atoms with Crippen LogP contribution in [0.15, 0.2) is 60.7 Å². The Morgan fingerprint density at radius 1 is 0.943 bits per heavy atom. The first-order valence-corrected chi connectivity index (χ1v) is 10.3. The normalized spacial score (nSPS) is 12.7. The van der Waals surface area contributed by atoms with Crippen LogP contribution in [0.5, 0.6) is 0 Å². The fourth-order valence-corrected chi connectivity index (χ4v) is 2.93. The second kappa shape index (κ2) is 13.3. The maximum absolute atomic E-state index is 13.4. The lowest BCUT2D eigenvalue weighted by Crippen LogP contribution is -2.67. The van der Waals surface area contributed by atoms with Crippen LogP contribution in [0, 0.1) is 0 Å². The van der Waals surface area contributed by atoms with Gasteiger partial charge in [0.1, 0.15) is 19.8 Å². The van der Waals surface area contributed by atoms with Crippen LogP contribution in [0.2, 0.25) is 0 Å². The molecule has 1 N–H and O–H groups in total. The van der Waals surface area contributed by atoms with Gasteiger partial charge in [0.15, 0.2) is 6.10 Å². The maximum atomic E-state index is 13.4. The van der Waals surface area contributed by atoms with E-state index in [1.54, 1.807) is 48.5 Å². The van der Waals surface area contributed by atoms with Crippen LogP contribution < -0.4 is 5.32 Å². The van der Waals surface area contributed by atoms with E-state index in [0.29, 0.717) is 5.56 Å². The Bertz CT molecular complexity index is 1010. The number of esters is 3. The minimum absolute atomic E-state index is 0.00857. The molecule has 2 aromatic rings. The molecule has 186 valence electrons. The number of rotatable bonds is 12. The van der Waals surface area contributed by atoms with Gasteiger partial charge in [0, 0.05) is 6.92 Å². The standard InChI is InChI=1S/C24H25NO10/c1-17(27)32-14-20(35-16-26)24(25-23(30)31-2,15-34-21(28)19-11-7-4-8-12-19)22(29)33-13-18-9-5-3-6-10-18/h3-12,16,20H,13-15H2,1-2H3,(H,25,30)/t20-,24+/m1/s1. The molecule has 11 heteroatoms. The smallest absolute Gasteiger partial charge is 0.407 e. The lowest BCUT2D eigenvalue weighted by Gasteiger charge is -2.36. The average molecular weight is 487 g/mol. The minimum Gasteiger partial charge on any atom is -0.462 e. The Labute approximate surface area is 201 Å². The summed E-state index contributed by atoms with van der Waals surface area (Å²) < 4.78 is 25.2. The third kappa shape index (κ3) is 7.84. The molecule has 0 aliphatic carbocycles. The molecule has 0 heterocycles. The van der Waals surface area contributed by atoms with Gasteiger partial charge in [-0.1, -0.05) is 48.5 Å². The van der Waals surface area contributed by atoms with Crippen LogP contribution in [-0.2, 0) is 44.7 Å². The summed E-state index contributed by atoms with van der Waals surface area (Å²) in [5.74, 6) is -2.73. The van der Waals surface area contributed by atoms with Crippen molar-refractivity contribution < 1.29 is 47.7 Å². The van der Waals surface area contributed by atoms with Gasteiger partial charge in [-0.3, -0.25) is 14.9 Å².